The molecule has 1 rings (SSSR count). The highest BCUT2D eigenvalue weighted by molar-refractivity contribution is 5.69. The summed E-state index contributed by atoms with van der Waals surface area (Å²) in [6.07, 6.45) is 23.9. The standard InChI is InChI=1S/C30H59NO2/c1-7-10-11-12-13-14-15-16-17-18-19-20-21-22-23-24-28(32)33-27-25-29(5,8-2)31-30(6,9-3)26(27)4/h26-27,31H,7-25H2,1-6H3. The summed E-state index contributed by atoms with van der Waals surface area (Å²) in [6, 6.07) is 0. The number of carbonyl (C=O) groups excluding carboxylic acids is 1. The summed E-state index contributed by atoms with van der Waals surface area (Å²) >= 11 is 0. The van der Waals surface area contributed by atoms with Gasteiger partial charge in [-0.1, -0.05) is 118 Å². The van der Waals surface area contributed by atoms with Gasteiger partial charge in [0, 0.05) is 29.8 Å². The lowest BCUT2D eigenvalue weighted by Gasteiger charge is -2.52. The van der Waals surface area contributed by atoms with E-state index in [1.165, 1.54) is 83.5 Å². The molecule has 0 aromatic carbocycles. The zero-order valence-corrected chi connectivity index (χ0v) is 23.4. The number of esters is 1. The lowest BCUT2D eigenvalue weighted by Crippen LogP contribution is -2.66. The Morgan fingerprint density at radius 2 is 1.21 bits per heavy atom. The zero-order chi connectivity index (χ0) is 24.6. The molecule has 33 heavy (non-hydrogen) atoms. The molecule has 0 bridgehead atoms. The van der Waals surface area contributed by atoms with Crippen molar-refractivity contribution in [3.05, 3.63) is 0 Å². The Labute approximate surface area is 207 Å². The maximum absolute atomic E-state index is 12.5. The average Bonchev–Trinajstić information content (AvgIpc) is 2.79. The van der Waals surface area contributed by atoms with Crippen LogP contribution in [0, 0.1) is 5.92 Å². The first kappa shape index (κ1) is 30.5. The van der Waals surface area contributed by atoms with Crippen molar-refractivity contribution in [2.45, 2.75) is 181 Å². The third kappa shape index (κ3) is 12.1. The molecule has 1 saturated heterocycles. The minimum atomic E-state index is 0.0142. The van der Waals surface area contributed by atoms with Crippen LogP contribution in [0.25, 0.3) is 0 Å². The van der Waals surface area contributed by atoms with Crippen LogP contribution >= 0.6 is 0 Å². The molecule has 3 nitrogen and oxygen atoms in total. The number of rotatable bonds is 19. The highest BCUT2D eigenvalue weighted by Gasteiger charge is 2.47. The minimum absolute atomic E-state index is 0.0142. The average molecular weight is 466 g/mol. The Kier molecular flexibility index (Phi) is 15.7. The second-order valence-electron chi connectivity index (χ2n) is 11.5. The molecule has 0 saturated carbocycles. The third-order valence-electron chi connectivity index (χ3n) is 8.58. The fourth-order valence-electron chi connectivity index (χ4n) is 5.54. The number of carbonyl (C=O) groups is 1. The molecule has 4 unspecified atom stereocenters. The van der Waals surface area contributed by atoms with Gasteiger partial charge in [0.25, 0.3) is 0 Å². The van der Waals surface area contributed by atoms with E-state index in [4.69, 9.17) is 4.74 Å². The van der Waals surface area contributed by atoms with E-state index in [0.717, 1.165) is 32.1 Å². The summed E-state index contributed by atoms with van der Waals surface area (Å²) in [5.74, 6) is 0.354. The second kappa shape index (κ2) is 17.0. The molecule has 0 amide bonds. The normalized spacial score (nSPS) is 27.6. The molecule has 1 aliphatic heterocycles. The fraction of sp³-hybridized carbons (Fsp3) is 0.967. The number of piperidine rings is 1. The van der Waals surface area contributed by atoms with Gasteiger partial charge in [0.15, 0.2) is 0 Å². The first-order valence-corrected chi connectivity index (χ1v) is 14.8. The van der Waals surface area contributed by atoms with E-state index in [1.54, 1.807) is 0 Å². The molecular weight excluding hydrogens is 406 g/mol. The van der Waals surface area contributed by atoms with Gasteiger partial charge in [-0.15, -0.1) is 0 Å². The first-order valence-electron chi connectivity index (χ1n) is 14.8. The quantitative estimate of drug-likeness (QED) is 0.153. The van der Waals surface area contributed by atoms with Crippen LogP contribution in [0.2, 0.25) is 0 Å². The molecule has 196 valence electrons. The monoisotopic (exact) mass is 465 g/mol. The van der Waals surface area contributed by atoms with Crippen LogP contribution in [0.4, 0.5) is 0 Å². The summed E-state index contributed by atoms with van der Waals surface area (Å²) in [6.45, 7) is 13.6. The maximum Gasteiger partial charge on any atom is 0.306 e. The second-order valence-corrected chi connectivity index (χ2v) is 11.5. The predicted octanol–water partition coefficient (Wildman–Crippen LogP) is 9.13. The van der Waals surface area contributed by atoms with Crippen molar-refractivity contribution >= 4 is 5.97 Å². The molecular formula is C30H59NO2. The van der Waals surface area contributed by atoms with Gasteiger partial charge in [0.05, 0.1) is 0 Å². The molecule has 0 aromatic heterocycles. The van der Waals surface area contributed by atoms with E-state index in [-0.39, 0.29) is 23.2 Å². The van der Waals surface area contributed by atoms with E-state index in [0.29, 0.717) is 12.3 Å². The van der Waals surface area contributed by atoms with Crippen LogP contribution in [0.3, 0.4) is 0 Å². The maximum atomic E-state index is 12.5. The Morgan fingerprint density at radius 1 is 0.758 bits per heavy atom. The van der Waals surface area contributed by atoms with Crippen LogP contribution in [-0.2, 0) is 9.53 Å². The summed E-state index contributed by atoms with van der Waals surface area (Å²) in [5, 5.41) is 3.87. The highest BCUT2D eigenvalue weighted by atomic mass is 16.5. The van der Waals surface area contributed by atoms with Crippen LogP contribution in [0.5, 0.6) is 0 Å². The number of hydrogen-bond donors (Lipinski definition) is 1. The number of hydrogen-bond acceptors (Lipinski definition) is 3. The van der Waals surface area contributed by atoms with Gasteiger partial charge in [0.2, 0.25) is 0 Å². The van der Waals surface area contributed by atoms with E-state index in [2.05, 4.69) is 46.9 Å². The Balaban J connectivity index is 2.06. The molecule has 1 heterocycles. The van der Waals surface area contributed by atoms with E-state index >= 15 is 0 Å². The fourth-order valence-corrected chi connectivity index (χ4v) is 5.54. The van der Waals surface area contributed by atoms with E-state index in [9.17, 15) is 4.79 Å². The number of nitrogens with one attached hydrogen (secondary N) is 1. The first-order chi connectivity index (χ1) is 15.8. The summed E-state index contributed by atoms with van der Waals surface area (Å²) in [5.41, 5.74) is 0.0828. The van der Waals surface area contributed by atoms with Gasteiger partial charge in [-0.05, 0) is 33.1 Å². The van der Waals surface area contributed by atoms with Crippen LogP contribution in [0.1, 0.15) is 164 Å². The van der Waals surface area contributed by atoms with E-state index < -0.39 is 0 Å². The van der Waals surface area contributed by atoms with Crippen molar-refractivity contribution in [3.8, 4) is 0 Å². The largest absolute Gasteiger partial charge is 0.462 e. The topological polar surface area (TPSA) is 38.3 Å². The molecule has 0 aliphatic carbocycles. The van der Waals surface area contributed by atoms with Gasteiger partial charge < -0.3 is 10.1 Å². The highest BCUT2D eigenvalue weighted by Crippen LogP contribution is 2.39. The van der Waals surface area contributed by atoms with Crippen molar-refractivity contribution < 1.29 is 9.53 Å². The zero-order valence-electron chi connectivity index (χ0n) is 23.4. The van der Waals surface area contributed by atoms with Gasteiger partial charge in [-0.3, -0.25) is 4.79 Å². The smallest absolute Gasteiger partial charge is 0.306 e. The Hall–Kier alpha value is -0.570. The van der Waals surface area contributed by atoms with Crippen molar-refractivity contribution in [2.75, 3.05) is 0 Å². The van der Waals surface area contributed by atoms with Crippen molar-refractivity contribution in [2.24, 2.45) is 5.92 Å². The van der Waals surface area contributed by atoms with Crippen molar-refractivity contribution in [3.63, 3.8) is 0 Å². The third-order valence-corrected chi connectivity index (χ3v) is 8.58. The number of unbranched alkanes of at least 4 members (excludes halogenated alkanes) is 14. The van der Waals surface area contributed by atoms with Crippen LogP contribution in [0.15, 0.2) is 0 Å². The molecule has 3 heteroatoms. The number of ether oxygens (including phenoxy) is 1. The molecule has 1 aliphatic rings. The van der Waals surface area contributed by atoms with E-state index in [1.807, 2.05) is 0 Å². The molecule has 0 aromatic rings. The van der Waals surface area contributed by atoms with Gasteiger partial charge in [0.1, 0.15) is 6.10 Å². The molecule has 1 fully saturated rings. The van der Waals surface area contributed by atoms with Gasteiger partial charge >= 0.3 is 5.97 Å². The lowest BCUT2D eigenvalue weighted by molar-refractivity contribution is -0.159. The Morgan fingerprint density at radius 3 is 1.64 bits per heavy atom. The summed E-state index contributed by atoms with van der Waals surface area (Å²) in [7, 11) is 0. The van der Waals surface area contributed by atoms with Crippen molar-refractivity contribution in [1.29, 1.82) is 0 Å². The van der Waals surface area contributed by atoms with Crippen LogP contribution in [-0.4, -0.2) is 23.2 Å². The predicted molar refractivity (Wildman–Crippen MR) is 144 cm³/mol. The SMILES string of the molecule is CCCCCCCCCCCCCCCCCC(=O)OC1CC(C)(CC)NC(C)(CC)C1C. The van der Waals surface area contributed by atoms with Gasteiger partial charge in [-0.25, -0.2) is 0 Å². The Bertz CT molecular complexity index is 508. The summed E-state index contributed by atoms with van der Waals surface area (Å²) in [4.78, 5) is 12.5. The van der Waals surface area contributed by atoms with Crippen LogP contribution < -0.4 is 5.32 Å². The molecule has 0 spiro atoms. The minimum Gasteiger partial charge on any atom is -0.462 e. The summed E-state index contributed by atoms with van der Waals surface area (Å²) < 4.78 is 6.04. The van der Waals surface area contributed by atoms with Gasteiger partial charge in [-0.2, -0.15) is 0 Å². The molecule has 0 radical (unpaired) electrons. The molecule has 1 N–H and O–H groups in total. The molecule has 4 atom stereocenters. The lowest BCUT2D eigenvalue weighted by atomic mass is 9.70. The van der Waals surface area contributed by atoms with Crippen molar-refractivity contribution in [1.82, 2.24) is 5.32 Å².